The number of hydrogen-bond donors (Lipinski definition) is 0. The lowest BCUT2D eigenvalue weighted by atomic mass is 10.1. The van der Waals surface area contributed by atoms with Gasteiger partial charge in [0.1, 0.15) is 6.61 Å². The Hall–Kier alpha value is -3.42. The lowest BCUT2D eigenvalue weighted by Gasteiger charge is -2.15. The maximum absolute atomic E-state index is 13.0. The number of imide groups is 1. The highest BCUT2D eigenvalue weighted by atomic mass is 79.9. The Labute approximate surface area is 216 Å². The summed E-state index contributed by atoms with van der Waals surface area (Å²) in [5, 5.41) is 5.41. The van der Waals surface area contributed by atoms with E-state index in [1.807, 2.05) is 31.2 Å². The second-order valence-electron chi connectivity index (χ2n) is 7.71. The van der Waals surface area contributed by atoms with Gasteiger partial charge in [0.05, 0.1) is 22.9 Å². The van der Waals surface area contributed by atoms with Crippen LogP contribution in [0.15, 0.2) is 81.9 Å². The zero-order valence-electron chi connectivity index (χ0n) is 19.1. The van der Waals surface area contributed by atoms with Gasteiger partial charge in [-0.3, -0.25) is 9.59 Å². The van der Waals surface area contributed by atoms with Gasteiger partial charge >= 0.3 is 0 Å². The summed E-state index contributed by atoms with van der Waals surface area (Å²) in [5.74, 6) is -0.104. The van der Waals surface area contributed by atoms with Gasteiger partial charge in [0.15, 0.2) is 11.5 Å². The Kier molecular flexibility index (Phi) is 7.68. The Morgan fingerprint density at radius 1 is 1.09 bits per heavy atom. The number of rotatable bonds is 7. The second-order valence-corrected chi connectivity index (χ2v) is 9.03. The fourth-order valence-electron chi connectivity index (χ4n) is 3.50. The molecular formula is C27H22BrClN2O4. The van der Waals surface area contributed by atoms with E-state index >= 15 is 0 Å². The van der Waals surface area contributed by atoms with Crippen molar-refractivity contribution in [2.75, 3.05) is 6.61 Å². The summed E-state index contributed by atoms with van der Waals surface area (Å²) in [6.45, 7) is 4.27. The van der Waals surface area contributed by atoms with Crippen LogP contribution in [0, 0.1) is 0 Å². The van der Waals surface area contributed by atoms with Gasteiger partial charge in [0.2, 0.25) is 0 Å². The maximum atomic E-state index is 13.0. The van der Waals surface area contributed by atoms with Crippen LogP contribution in [0.2, 0.25) is 5.02 Å². The highest BCUT2D eigenvalue weighted by molar-refractivity contribution is 9.10. The Morgan fingerprint density at radius 2 is 1.80 bits per heavy atom. The van der Waals surface area contributed by atoms with Crippen molar-refractivity contribution in [1.82, 2.24) is 5.01 Å². The standard InChI is InChI=1S/C27H22BrClN2O4/c1-3-34-24-15-19(14-23(29)25(24)35-16-18-9-11-21(28)12-10-18)13-22-17(2)30-31(27(22)33)26(32)20-7-5-4-6-8-20/h4-15H,3,16H2,1-2H3/b22-13+. The first-order valence-electron chi connectivity index (χ1n) is 10.9. The van der Waals surface area contributed by atoms with Crippen LogP contribution in [0.5, 0.6) is 11.5 Å². The molecule has 1 aliphatic heterocycles. The number of hydrazone groups is 1. The van der Waals surface area contributed by atoms with Crippen molar-refractivity contribution in [3.63, 3.8) is 0 Å². The van der Waals surface area contributed by atoms with E-state index in [0.717, 1.165) is 15.0 Å². The largest absolute Gasteiger partial charge is 0.490 e. The number of nitrogens with zero attached hydrogens (tertiary/aromatic N) is 2. The Bertz CT molecular complexity index is 1320. The summed E-state index contributed by atoms with van der Waals surface area (Å²) in [5.41, 5.74) is 2.72. The zero-order chi connectivity index (χ0) is 24.9. The second kappa shape index (κ2) is 10.9. The lowest BCUT2D eigenvalue weighted by Crippen LogP contribution is -2.29. The third-order valence-electron chi connectivity index (χ3n) is 5.21. The third kappa shape index (κ3) is 5.63. The van der Waals surface area contributed by atoms with Crippen molar-refractivity contribution in [3.05, 3.63) is 98.5 Å². The third-order valence-corrected chi connectivity index (χ3v) is 6.02. The number of hydrogen-bond acceptors (Lipinski definition) is 5. The molecule has 0 unspecified atom stereocenters. The van der Waals surface area contributed by atoms with Gasteiger partial charge in [-0.05, 0) is 67.4 Å². The van der Waals surface area contributed by atoms with Gasteiger partial charge in [-0.2, -0.15) is 10.1 Å². The smallest absolute Gasteiger partial charge is 0.283 e. The molecule has 0 atom stereocenters. The quantitative estimate of drug-likeness (QED) is 0.247. The molecule has 0 saturated heterocycles. The molecule has 178 valence electrons. The van der Waals surface area contributed by atoms with Crippen molar-refractivity contribution in [2.24, 2.45) is 5.10 Å². The molecule has 0 radical (unpaired) electrons. The van der Waals surface area contributed by atoms with Crippen molar-refractivity contribution in [3.8, 4) is 11.5 Å². The molecule has 6 nitrogen and oxygen atoms in total. The Balaban J connectivity index is 1.59. The van der Waals surface area contributed by atoms with Gasteiger partial charge in [0, 0.05) is 10.0 Å². The average molecular weight is 554 g/mol. The molecule has 0 fully saturated rings. The first kappa shape index (κ1) is 24.7. The van der Waals surface area contributed by atoms with Gasteiger partial charge in [-0.25, -0.2) is 0 Å². The fourth-order valence-corrected chi connectivity index (χ4v) is 4.04. The summed E-state index contributed by atoms with van der Waals surface area (Å²) < 4.78 is 12.7. The number of amides is 2. The van der Waals surface area contributed by atoms with E-state index in [9.17, 15) is 9.59 Å². The van der Waals surface area contributed by atoms with Crippen LogP contribution in [-0.2, 0) is 11.4 Å². The van der Waals surface area contributed by atoms with Crippen LogP contribution in [0.25, 0.3) is 6.08 Å². The van der Waals surface area contributed by atoms with Crippen molar-refractivity contribution >= 4 is 51.1 Å². The highest BCUT2D eigenvalue weighted by Gasteiger charge is 2.33. The van der Waals surface area contributed by atoms with Gasteiger partial charge in [0.25, 0.3) is 11.8 Å². The van der Waals surface area contributed by atoms with Crippen LogP contribution in [0.1, 0.15) is 35.3 Å². The Morgan fingerprint density at radius 3 is 2.49 bits per heavy atom. The van der Waals surface area contributed by atoms with Crippen molar-refractivity contribution < 1.29 is 19.1 Å². The summed E-state index contributed by atoms with van der Waals surface area (Å²) in [6.07, 6.45) is 1.65. The van der Waals surface area contributed by atoms with Crippen LogP contribution in [-0.4, -0.2) is 29.1 Å². The fraction of sp³-hybridized carbons (Fsp3) is 0.148. The predicted octanol–water partition coefficient (Wildman–Crippen LogP) is 6.52. The van der Waals surface area contributed by atoms with E-state index < -0.39 is 11.8 Å². The van der Waals surface area contributed by atoms with Gasteiger partial charge in [-0.15, -0.1) is 0 Å². The number of halogens is 2. The molecule has 35 heavy (non-hydrogen) atoms. The normalized spacial score (nSPS) is 14.3. The minimum Gasteiger partial charge on any atom is -0.490 e. The summed E-state index contributed by atoms with van der Waals surface area (Å²) in [4.78, 5) is 25.8. The molecule has 3 aromatic rings. The molecule has 2 amide bonds. The number of carbonyl (C=O) groups excluding carboxylic acids is 2. The van der Waals surface area contributed by atoms with E-state index in [4.69, 9.17) is 21.1 Å². The monoisotopic (exact) mass is 552 g/mol. The van der Waals surface area contributed by atoms with Crippen LogP contribution >= 0.6 is 27.5 Å². The number of ether oxygens (including phenoxy) is 2. The summed E-state index contributed by atoms with van der Waals surface area (Å²) in [7, 11) is 0. The van der Waals surface area contributed by atoms with Crippen LogP contribution < -0.4 is 9.47 Å². The zero-order valence-corrected chi connectivity index (χ0v) is 21.5. The van der Waals surface area contributed by atoms with Gasteiger partial charge in [-0.1, -0.05) is 57.9 Å². The van der Waals surface area contributed by atoms with Crippen molar-refractivity contribution in [2.45, 2.75) is 20.5 Å². The van der Waals surface area contributed by atoms with Crippen molar-refractivity contribution in [1.29, 1.82) is 0 Å². The SMILES string of the molecule is CCOc1cc(/C=C2/C(=O)N(C(=O)c3ccccc3)N=C2C)cc(Cl)c1OCc1ccc(Br)cc1. The molecule has 1 heterocycles. The molecular weight excluding hydrogens is 532 g/mol. The van der Waals surface area contributed by atoms with Gasteiger partial charge < -0.3 is 9.47 Å². The first-order chi connectivity index (χ1) is 16.9. The molecule has 0 spiro atoms. The molecule has 8 heteroatoms. The molecule has 4 rings (SSSR count). The van der Waals surface area contributed by atoms with E-state index in [1.54, 1.807) is 55.5 Å². The minimum absolute atomic E-state index is 0.302. The minimum atomic E-state index is -0.499. The number of benzene rings is 3. The molecule has 0 N–H and O–H groups in total. The van der Waals surface area contributed by atoms with E-state index in [0.29, 0.717) is 52.1 Å². The predicted molar refractivity (Wildman–Crippen MR) is 140 cm³/mol. The molecule has 0 aromatic heterocycles. The highest BCUT2D eigenvalue weighted by Crippen LogP contribution is 2.38. The van der Waals surface area contributed by atoms with E-state index in [2.05, 4.69) is 21.0 Å². The van der Waals surface area contributed by atoms with Crippen LogP contribution in [0.4, 0.5) is 0 Å². The average Bonchev–Trinajstić information content (AvgIpc) is 3.13. The van der Waals surface area contributed by atoms with Crippen LogP contribution in [0.3, 0.4) is 0 Å². The lowest BCUT2D eigenvalue weighted by molar-refractivity contribution is -0.123. The summed E-state index contributed by atoms with van der Waals surface area (Å²) >= 11 is 9.98. The molecule has 0 bridgehead atoms. The van der Waals surface area contributed by atoms with E-state index in [-0.39, 0.29) is 0 Å². The molecule has 0 saturated carbocycles. The first-order valence-corrected chi connectivity index (χ1v) is 12.1. The topological polar surface area (TPSA) is 68.2 Å². The summed E-state index contributed by atoms with van der Waals surface area (Å²) in [6, 6.07) is 19.8. The molecule has 3 aromatic carbocycles. The maximum Gasteiger partial charge on any atom is 0.283 e. The van der Waals surface area contributed by atoms with E-state index in [1.165, 1.54) is 0 Å². The number of carbonyl (C=O) groups is 2. The molecule has 1 aliphatic rings. The molecule has 0 aliphatic carbocycles.